The molecule has 1 fully saturated rings. The highest BCUT2D eigenvalue weighted by atomic mass is 19.1. The van der Waals surface area contributed by atoms with E-state index in [1.807, 2.05) is 0 Å². The molecule has 0 amide bonds. The van der Waals surface area contributed by atoms with Gasteiger partial charge in [-0.1, -0.05) is 0 Å². The van der Waals surface area contributed by atoms with Gasteiger partial charge in [0, 0.05) is 12.0 Å². The lowest BCUT2D eigenvalue weighted by Crippen LogP contribution is -2.26. The monoisotopic (exact) mass is 131 g/mol. The predicted molar refractivity (Wildman–Crippen MR) is 36.2 cm³/mol. The second kappa shape index (κ2) is 2.65. The molecule has 54 valence electrons. The first-order valence-electron chi connectivity index (χ1n) is 3.52. The zero-order valence-corrected chi connectivity index (χ0v) is 6.10. The minimum Gasteiger partial charge on any atom is -0.303 e. The van der Waals surface area contributed by atoms with E-state index >= 15 is 0 Å². The van der Waals surface area contributed by atoms with Crippen LogP contribution in [0, 0.1) is 5.92 Å². The third kappa shape index (κ3) is 1.23. The normalized spacial score (nSPS) is 37.7. The molecule has 0 aliphatic carbocycles. The molecule has 0 radical (unpaired) electrons. The molecular formula is C7H14FN. The van der Waals surface area contributed by atoms with E-state index in [1.54, 1.807) is 0 Å². The van der Waals surface area contributed by atoms with Crippen molar-refractivity contribution in [1.82, 2.24) is 4.90 Å². The topological polar surface area (TPSA) is 3.24 Å². The van der Waals surface area contributed by atoms with Crippen LogP contribution in [0.5, 0.6) is 0 Å². The molecule has 0 spiro atoms. The van der Waals surface area contributed by atoms with Gasteiger partial charge < -0.3 is 4.90 Å². The summed E-state index contributed by atoms with van der Waals surface area (Å²) in [6.07, 6.45) is 1.04. The molecule has 0 bridgehead atoms. The van der Waals surface area contributed by atoms with Gasteiger partial charge in [-0.05, 0) is 26.9 Å². The zero-order chi connectivity index (χ0) is 6.85. The van der Waals surface area contributed by atoms with E-state index in [-0.39, 0.29) is 6.67 Å². The van der Waals surface area contributed by atoms with E-state index in [1.165, 1.54) is 0 Å². The van der Waals surface area contributed by atoms with Gasteiger partial charge in [-0.2, -0.15) is 0 Å². The molecule has 0 aromatic rings. The number of halogens is 1. The van der Waals surface area contributed by atoms with Gasteiger partial charge in [-0.15, -0.1) is 0 Å². The number of hydrogen-bond donors (Lipinski definition) is 0. The Kier molecular flexibility index (Phi) is 2.06. The molecule has 0 N–H and O–H groups in total. The van der Waals surface area contributed by atoms with Crippen LogP contribution in [-0.2, 0) is 0 Å². The van der Waals surface area contributed by atoms with Crippen LogP contribution >= 0.6 is 0 Å². The van der Waals surface area contributed by atoms with E-state index in [0.29, 0.717) is 12.0 Å². The Hall–Kier alpha value is -0.110. The summed E-state index contributed by atoms with van der Waals surface area (Å²) in [5.41, 5.74) is 0. The van der Waals surface area contributed by atoms with Crippen molar-refractivity contribution in [3.63, 3.8) is 0 Å². The summed E-state index contributed by atoms with van der Waals surface area (Å²) < 4.78 is 12.1. The van der Waals surface area contributed by atoms with Crippen LogP contribution in [0.1, 0.15) is 13.3 Å². The van der Waals surface area contributed by atoms with Crippen molar-refractivity contribution in [2.45, 2.75) is 19.4 Å². The van der Waals surface area contributed by atoms with Gasteiger partial charge in [-0.3, -0.25) is 4.39 Å². The maximum atomic E-state index is 12.1. The number of alkyl halides is 1. The van der Waals surface area contributed by atoms with Crippen molar-refractivity contribution >= 4 is 0 Å². The van der Waals surface area contributed by atoms with E-state index in [9.17, 15) is 4.39 Å². The second-order valence-corrected chi connectivity index (χ2v) is 2.92. The summed E-state index contributed by atoms with van der Waals surface area (Å²) in [6, 6.07) is 0.454. The Morgan fingerprint density at radius 2 is 2.33 bits per heavy atom. The number of nitrogens with zero attached hydrogens (tertiary/aromatic N) is 1. The van der Waals surface area contributed by atoms with Crippen LogP contribution in [0.4, 0.5) is 4.39 Å². The Labute approximate surface area is 55.8 Å². The molecule has 1 nitrogen and oxygen atoms in total. The average Bonchev–Trinajstić information content (AvgIpc) is 2.15. The molecule has 0 unspecified atom stereocenters. The van der Waals surface area contributed by atoms with Crippen LogP contribution in [0.2, 0.25) is 0 Å². The van der Waals surface area contributed by atoms with Crippen LogP contribution in [0.15, 0.2) is 0 Å². The Bertz CT molecular complexity index is 94.9. The van der Waals surface area contributed by atoms with Crippen LogP contribution < -0.4 is 0 Å². The lowest BCUT2D eigenvalue weighted by Gasteiger charge is -2.17. The molecule has 0 aromatic carbocycles. The molecule has 1 rings (SSSR count). The Morgan fingerprint density at radius 1 is 1.67 bits per heavy atom. The maximum Gasteiger partial charge on any atom is 0.0937 e. The van der Waals surface area contributed by atoms with Crippen molar-refractivity contribution in [3.8, 4) is 0 Å². The third-order valence-corrected chi connectivity index (χ3v) is 2.43. The van der Waals surface area contributed by atoms with Crippen molar-refractivity contribution in [3.05, 3.63) is 0 Å². The summed E-state index contributed by atoms with van der Waals surface area (Å²) in [7, 11) is 2.06. The number of hydrogen-bond acceptors (Lipinski definition) is 1. The van der Waals surface area contributed by atoms with Crippen molar-refractivity contribution < 1.29 is 4.39 Å². The second-order valence-electron chi connectivity index (χ2n) is 2.92. The largest absolute Gasteiger partial charge is 0.303 e. The zero-order valence-electron chi connectivity index (χ0n) is 6.10. The average molecular weight is 131 g/mol. The summed E-state index contributed by atoms with van der Waals surface area (Å²) in [6.45, 7) is 3.01. The summed E-state index contributed by atoms with van der Waals surface area (Å²) in [5, 5.41) is 0. The highest BCUT2D eigenvalue weighted by molar-refractivity contribution is 4.80. The van der Waals surface area contributed by atoms with Gasteiger partial charge in [-0.25, -0.2) is 0 Å². The Balaban J connectivity index is 2.41. The molecule has 1 aliphatic heterocycles. The van der Waals surface area contributed by atoms with Crippen molar-refractivity contribution in [2.24, 2.45) is 5.92 Å². The van der Waals surface area contributed by atoms with Gasteiger partial charge >= 0.3 is 0 Å². The molecule has 1 saturated heterocycles. The summed E-state index contributed by atoms with van der Waals surface area (Å²) >= 11 is 0. The number of likely N-dealkylation sites (tertiary alicyclic amines) is 1. The highest BCUT2D eigenvalue weighted by Gasteiger charge is 2.27. The number of rotatable bonds is 1. The summed E-state index contributed by atoms with van der Waals surface area (Å²) in [4.78, 5) is 2.21. The molecule has 9 heavy (non-hydrogen) atoms. The van der Waals surface area contributed by atoms with E-state index in [0.717, 1.165) is 13.0 Å². The first kappa shape index (κ1) is 7.00. The van der Waals surface area contributed by atoms with Gasteiger partial charge in [0.1, 0.15) is 0 Å². The minimum absolute atomic E-state index is 0.147. The van der Waals surface area contributed by atoms with Crippen LogP contribution in [-0.4, -0.2) is 31.2 Å². The van der Waals surface area contributed by atoms with Gasteiger partial charge in [0.15, 0.2) is 0 Å². The predicted octanol–water partition coefficient (Wildman–Crippen LogP) is 1.30. The third-order valence-electron chi connectivity index (χ3n) is 2.43. The standard InChI is InChI=1S/C7H14FN/c1-6-7(5-8)3-4-9(6)2/h6-7H,3-5H2,1-2H3/t6-,7-/m1/s1. The molecule has 2 atom stereocenters. The highest BCUT2D eigenvalue weighted by Crippen LogP contribution is 2.21. The van der Waals surface area contributed by atoms with Crippen LogP contribution in [0.3, 0.4) is 0 Å². The SMILES string of the molecule is C[C@@H]1[C@@H](CF)CCN1C. The quantitative estimate of drug-likeness (QED) is 0.518. The van der Waals surface area contributed by atoms with Gasteiger partial charge in [0.25, 0.3) is 0 Å². The fourth-order valence-electron chi connectivity index (χ4n) is 1.38. The van der Waals surface area contributed by atoms with Crippen molar-refractivity contribution in [1.29, 1.82) is 0 Å². The Morgan fingerprint density at radius 3 is 2.56 bits per heavy atom. The summed E-state index contributed by atoms with van der Waals surface area (Å²) in [5.74, 6) is 0.301. The molecule has 0 saturated carbocycles. The van der Waals surface area contributed by atoms with Crippen LogP contribution in [0.25, 0.3) is 0 Å². The molecular weight excluding hydrogens is 117 g/mol. The molecule has 0 aromatic heterocycles. The first-order valence-corrected chi connectivity index (χ1v) is 3.52. The smallest absolute Gasteiger partial charge is 0.0937 e. The fourth-order valence-corrected chi connectivity index (χ4v) is 1.38. The van der Waals surface area contributed by atoms with E-state index in [4.69, 9.17) is 0 Å². The van der Waals surface area contributed by atoms with Gasteiger partial charge in [0.2, 0.25) is 0 Å². The molecule has 1 heterocycles. The lowest BCUT2D eigenvalue weighted by atomic mass is 10.0. The van der Waals surface area contributed by atoms with Gasteiger partial charge in [0.05, 0.1) is 6.67 Å². The van der Waals surface area contributed by atoms with E-state index < -0.39 is 0 Å². The van der Waals surface area contributed by atoms with E-state index in [2.05, 4.69) is 18.9 Å². The molecule has 2 heteroatoms. The fraction of sp³-hybridized carbons (Fsp3) is 1.00. The first-order chi connectivity index (χ1) is 4.25. The maximum absolute atomic E-state index is 12.1. The molecule has 1 aliphatic rings. The minimum atomic E-state index is -0.147. The lowest BCUT2D eigenvalue weighted by molar-refractivity contribution is 0.259. The van der Waals surface area contributed by atoms with Crippen molar-refractivity contribution in [2.75, 3.05) is 20.3 Å².